The molecule has 1 aromatic carbocycles. The lowest BCUT2D eigenvalue weighted by molar-refractivity contribution is 0.125. The van der Waals surface area contributed by atoms with Crippen LogP contribution in [0.15, 0.2) is 18.2 Å². The Bertz CT molecular complexity index is 500. The minimum absolute atomic E-state index is 0.0837. The molecule has 6 heteroatoms. The van der Waals surface area contributed by atoms with Gasteiger partial charge < -0.3 is 15.0 Å². The topological polar surface area (TPSA) is 44.8 Å². The van der Waals surface area contributed by atoms with Crippen LogP contribution < -0.4 is 10.1 Å². The molecule has 0 aromatic heterocycles. The number of hydrogen-bond acceptors (Lipinski definition) is 3. The molecule has 1 aliphatic rings. The van der Waals surface area contributed by atoms with Crippen molar-refractivity contribution in [1.29, 1.82) is 0 Å². The van der Waals surface area contributed by atoms with Gasteiger partial charge in [-0.15, -0.1) is 0 Å². The van der Waals surface area contributed by atoms with Crippen LogP contribution >= 0.6 is 11.6 Å². The van der Waals surface area contributed by atoms with Crippen molar-refractivity contribution in [1.82, 2.24) is 9.80 Å². The normalized spacial score (nSPS) is 16.1. The lowest BCUT2D eigenvalue weighted by Gasteiger charge is -2.36. The number of amides is 2. The van der Waals surface area contributed by atoms with Crippen LogP contribution in [0.3, 0.4) is 0 Å². The van der Waals surface area contributed by atoms with E-state index in [2.05, 4.69) is 24.1 Å². The fourth-order valence-corrected chi connectivity index (χ4v) is 2.65. The Morgan fingerprint density at radius 2 is 1.95 bits per heavy atom. The van der Waals surface area contributed by atoms with Crippen molar-refractivity contribution in [2.45, 2.75) is 19.9 Å². The summed E-state index contributed by atoms with van der Waals surface area (Å²) in [6, 6.07) is 5.67. The van der Waals surface area contributed by atoms with E-state index in [1.807, 2.05) is 4.90 Å². The van der Waals surface area contributed by atoms with Gasteiger partial charge in [-0.3, -0.25) is 4.90 Å². The molecule has 0 atom stereocenters. The molecule has 0 radical (unpaired) electrons. The van der Waals surface area contributed by atoms with E-state index in [-0.39, 0.29) is 6.03 Å². The Labute approximate surface area is 130 Å². The van der Waals surface area contributed by atoms with Crippen molar-refractivity contribution in [3.05, 3.63) is 23.2 Å². The first-order chi connectivity index (χ1) is 10.0. The molecular formula is C15H22ClN3O2. The fraction of sp³-hybridized carbons (Fsp3) is 0.533. The molecule has 2 amide bonds. The molecule has 2 rings (SSSR count). The molecule has 1 heterocycles. The summed E-state index contributed by atoms with van der Waals surface area (Å²) in [4.78, 5) is 16.4. The Morgan fingerprint density at radius 1 is 1.29 bits per heavy atom. The number of anilines is 1. The van der Waals surface area contributed by atoms with Crippen LogP contribution in [0.2, 0.25) is 5.02 Å². The summed E-state index contributed by atoms with van der Waals surface area (Å²) in [6.07, 6.45) is 0. The largest absolute Gasteiger partial charge is 0.495 e. The van der Waals surface area contributed by atoms with Gasteiger partial charge in [0.05, 0.1) is 12.1 Å². The molecule has 0 spiro atoms. The SMILES string of the molecule is COc1ccc(NC(=O)N2CCN(C(C)C)CC2)cc1Cl. The molecule has 5 nitrogen and oxygen atoms in total. The molecule has 21 heavy (non-hydrogen) atoms. The third kappa shape index (κ3) is 4.02. The monoisotopic (exact) mass is 311 g/mol. The number of halogens is 1. The standard InChI is InChI=1S/C15H22ClN3O2/c1-11(2)18-6-8-19(9-7-18)15(20)17-12-4-5-14(21-3)13(16)10-12/h4-5,10-11H,6-9H2,1-3H3,(H,17,20). The van der Waals surface area contributed by atoms with Gasteiger partial charge in [-0.1, -0.05) is 11.6 Å². The molecule has 1 fully saturated rings. The zero-order valence-electron chi connectivity index (χ0n) is 12.7. The quantitative estimate of drug-likeness (QED) is 0.933. The van der Waals surface area contributed by atoms with Gasteiger partial charge in [0.25, 0.3) is 0 Å². The molecule has 116 valence electrons. The van der Waals surface area contributed by atoms with Crippen LogP contribution in [0, 0.1) is 0 Å². The molecule has 0 saturated carbocycles. The number of carbonyl (C=O) groups is 1. The van der Waals surface area contributed by atoms with Gasteiger partial charge in [-0.2, -0.15) is 0 Å². The summed E-state index contributed by atoms with van der Waals surface area (Å²) in [5.74, 6) is 0.597. The van der Waals surface area contributed by atoms with E-state index < -0.39 is 0 Å². The molecule has 1 saturated heterocycles. The number of piperazine rings is 1. The van der Waals surface area contributed by atoms with E-state index in [1.165, 1.54) is 0 Å². The average molecular weight is 312 g/mol. The van der Waals surface area contributed by atoms with E-state index in [0.29, 0.717) is 22.5 Å². The molecule has 0 unspecified atom stereocenters. The minimum Gasteiger partial charge on any atom is -0.495 e. The molecule has 1 aliphatic heterocycles. The Kier molecular flexibility index (Phi) is 5.31. The number of methoxy groups -OCH3 is 1. The summed E-state index contributed by atoms with van der Waals surface area (Å²) in [6.45, 7) is 7.66. The van der Waals surface area contributed by atoms with Crippen molar-refractivity contribution in [3.63, 3.8) is 0 Å². The van der Waals surface area contributed by atoms with Crippen LogP contribution in [-0.4, -0.2) is 55.2 Å². The summed E-state index contributed by atoms with van der Waals surface area (Å²) in [5, 5.41) is 3.36. The van der Waals surface area contributed by atoms with E-state index in [0.717, 1.165) is 26.2 Å². The maximum absolute atomic E-state index is 12.2. The molecule has 0 bridgehead atoms. The Balaban J connectivity index is 1.92. The van der Waals surface area contributed by atoms with Crippen LogP contribution in [-0.2, 0) is 0 Å². The number of nitrogens with one attached hydrogen (secondary N) is 1. The van der Waals surface area contributed by atoms with E-state index >= 15 is 0 Å². The van der Waals surface area contributed by atoms with Crippen LogP contribution in [0.4, 0.5) is 10.5 Å². The van der Waals surface area contributed by atoms with Crippen molar-refractivity contribution in [2.24, 2.45) is 0 Å². The highest BCUT2D eigenvalue weighted by molar-refractivity contribution is 6.32. The Hall–Kier alpha value is -1.46. The van der Waals surface area contributed by atoms with Crippen molar-refractivity contribution in [2.75, 3.05) is 38.6 Å². The number of hydrogen-bond donors (Lipinski definition) is 1. The zero-order valence-corrected chi connectivity index (χ0v) is 13.5. The summed E-state index contributed by atoms with van der Waals surface area (Å²) < 4.78 is 5.09. The predicted molar refractivity (Wildman–Crippen MR) is 85.3 cm³/mol. The van der Waals surface area contributed by atoms with Crippen LogP contribution in [0.5, 0.6) is 5.75 Å². The predicted octanol–water partition coefficient (Wildman–Crippen LogP) is 2.91. The maximum atomic E-state index is 12.2. The van der Waals surface area contributed by atoms with Gasteiger partial charge in [0.1, 0.15) is 5.75 Å². The lowest BCUT2D eigenvalue weighted by Crippen LogP contribution is -2.51. The first-order valence-electron chi connectivity index (χ1n) is 7.14. The third-order valence-corrected chi connectivity index (χ3v) is 4.03. The smallest absolute Gasteiger partial charge is 0.321 e. The lowest BCUT2D eigenvalue weighted by atomic mass is 10.2. The molecule has 1 aromatic rings. The van der Waals surface area contributed by atoms with Crippen molar-refractivity contribution in [3.8, 4) is 5.75 Å². The highest BCUT2D eigenvalue weighted by Gasteiger charge is 2.22. The van der Waals surface area contributed by atoms with Gasteiger partial charge in [0.2, 0.25) is 0 Å². The minimum atomic E-state index is -0.0837. The second-order valence-corrected chi connectivity index (χ2v) is 5.80. The van der Waals surface area contributed by atoms with Gasteiger partial charge in [0.15, 0.2) is 0 Å². The van der Waals surface area contributed by atoms with Gasteiger partial charge in [-0.05, 0) is 32.0 Å². The summed E-state index contributed by atoms with van der Waals surface area (Å²) in [7, 11) is 1.56. The zero-order chi connectivity index (χ0) is 15.4. The van der Waals surface area contributed by atoms with E-state index in [9.17, 15) is 4.79 Å². The first-order valence-corrected chi connectivity index (χ1v) is 7.52. The highest BCUT2D eigenvalue weighted by Crippen LogP contribution is 2.27. The van der Waals surface area contributed by atoms with Crippen LogP contribution in [0.25, 0.3) is 0 Å². The molecular weight excluding hydrogens is 290 g/mol. The molecule has 1 N–H and O–H groups in total. The highest BCUT2D eigenvalue weighted by atomic mass is 35.5. The number of carbonyl (C=O) groups excluding carboxylic acids is 1. The average Bonchev–Trinajstić information content (AvgIpc) is 2.47. The molecule has 0 aliphatic carbocycles. The summed E-state index contributed by atoms with van der Waals surface area (Å²) >= 11 is 6.06. The first kappa shape index (κ1) is 15.9. The fourth-order valence-electron chi connectivity index (χ4n) is 2.39. The third-order valence-electron chi connectivity index (χ3n) is 3.73. The number of nitrogens with zero attached hydrogens (tertiary/aromatic N) is 2. The van der Waals surface area contributed by atoms with E-state index in [4.69, 9.17) is 16.3 Å². The van der Waals surface area contributed by atoms with E-state index in [1.54, 1.807) is 25.3 Å². The Morgan fingerprint density at radius 3 is 2.48 bits per heavy atom. The van der Waals surface area contributed by atoms with Gasteiger partial charge >= 0.3 is 6.03 Å². The van der Waals surface area contributed by atoms with Gasteiger partial charge in [-0.25, -0.2) is 4.79 Å². The van der Waals surface area contributed by atoms with Gasteiger partial charge in [0, 0.05) is 37.9 Å². The number of rotatable bonds is 3. The number of urea groups is 1. The van der Waals surface area contributed by atoms with Crippen LogP contribution in [0.1, 0.15) is 13.8 Å². The van der Waals surface area contributed by atoms with Crippen molar-refractivity contribution < 1.29 is 9.53 Å². The van der Waals surface area contributed by atoms with Crippen molar-refractivity contribution >= 4 is 23.3 Å². The number of ether oxygens (including phenoxy) is 1. The number of benzene rings is 1. The maximum Gasteiger partial charge on any atom is 0.321 e. The second-order valence-electron chi connectivity index (χ2n) is 5.40. The second kappa shape index (κ2) is 7.00. The summed E-state index contributed by atoms with van der Waals surface area (Å²) in [5.41, 5.74) is 0.678.